The van der Waals surface area contributed by atoms with E-state index in [4.69, 9.17) is 30.5 Å². The van der Waals surface area contributed by atoms with Crippen molar-refractivity contribution in [3.05, 3.63) is 94.6 Å². The lowest BCUT2D eigenvalue weighted by atomic mass is 10.0. The highest BCUT2D eigenvalue weighted by atomic mass is 35.5. The van der Waals surface area contributed by atoms with Crippen LogP contribution in [0.15, 0.2) is 72.9 Å². The number of carbonyl (C=O) groups excluding carboxylic acids is 2. The molecule has 1 saturated heterocycles. The smallest absolute Gasteiger partial charge is 0.410 e. The minimum absolute atomic E-state index is 0.176. The lowest BCUT2D eigenvalue weighted by Crippen LogP contribution is -2.41. The predicted octanol–water partition coefficient (Wildman–Crippen LogP) is 9.39. The Morgan fingerprint density at radius 3 is 2.42 bits per heavy atom. The second kappa shape index (κ2) is 15.6. The largest absolute Gasteiger partial charge is 0.465 e. The van der Waals surface area contributed by atoms with Crippen LogP contribution in [0.5, 0.6) is 0 Å². The summed E-state index contributed by atoms with van der Waals surface area (Å²) in [5, 5.41) is 1.48. The third-order valence-corrected chi connectivity index (χ3v) is 8.70. The van der Waals surface area contributed by atoms with Crippen molar-refractivity contribution < 1.29 is 28.5 Å². The fourth-order valence-electron chi connectivity index (χ4n) is 5.98. The van der Waals surface area contributed by atoms with Crippen molar-refractivity contribution in [3.63, 3.8) is 0 Å². The van der Waals surface area contributed by atoms with E-state index in [9.17, 15) is 9.59 Å². The quantitative estimate of drug-likeness (QED) is 0.148. The van der Waals surface area contributed by atoms with Crippen molar-refractivity contribution in [2.45, 2.75) is 84.3 Å². The molecule has 0 radical (unpaired) electrons. The molecule has 256 valence electrons. The van der Waals surface area contributed by atoms with Crippen molar-refractivity contribution in [1.82, 2.24) is 9.47 Å². The zero-order chi connectivity index (χ0) is 34.4. The van der Waals surface area contributed by atoms with Gasteiger partial charge in [-0.05, 0) is 101 Å². The van der Waals surface area contributed by atoms with E-state index in [1.165, 1.54) is 7.11 Å². The highest BCUT2D eigenvalue weighted by molar-refractivity contribution is 6.30. The molecule has 1 fully saturated rings. The summed E-state index contributed by atoms with van der Waals surface area (Å²) in [7, 11) is 1.40. The van der Waals surface area contributed by atoms with Crippen molar-refractivity contribution in [2.24, 2.45) is 0 Å². The van der Waals surface area contributed by atoms with Crippen LogP contribution in [0.4, 0.5) is 4.79 Å². The molecule has 48 heavy (non-hydrogen) atoms. The second-order valence-corrected chi connectivity index (χ2v) is 14.1. The fraction of sp³-hybridized carbons (Fsp3) is 0.436. The second-order valence-electron chi connectivity index (χ2n) is 13.6. The van der Waals surface area contributed by atoms with Crippen LogP contribution in [-0.2, 0) is 25.4 Å². The molecule has 2 heterocycles. The molecule has 0 N–H and O–H groups in total. The van der Waals surface area contributed by atoms with Gasteiger partial charge in [0.2, 0.25) is 0 Å². The highest BCUT2D eigenvalue weighted by Crippen LogP contribution is 2.31. The van der Waals surface area contributed by atoms with Crippen molar-refractivity contribution in [2.75, 3.05) is 26.8 Å². The number of hydrogen-bond donors (Lipinski definition) is 0. The van der Waals surface area contributed by atoms with Crippen LogP contribution in [-0.4, -0.2) is 60.2 Å². The Labute approximate surface area is 288 Å². The van der Waals surface area contributed by atoms with Gasteiger partial charge in [-0.3, -0.25) is 0 Å². The van der Waals surface area contributed by atoms with Gasteiger partial charge in [0.1, 0.15) is 11.7 Å². The molecule has 0 aliphatic carbocycles. The Bertz CT molecular complexity index is 1700. The first-order valence-electron chi connectivity index (χ1n) is 16.7. The number of carbonyl (C=O) groups is 2. The van der Waals surface area contributed by atoms with E-state index in [0.717, 1.165) is 52.4 Å². The van der Waals surface area contributed by atoms with Gasteiger partial charge in [0.25, 0.3) is 0 Å². The monoisotopic (exact) mass is 674 g/mol. The molecule has 2 atom stereocenters. The topological polar surface area (TPSA) is 79.2 Å². The van der Waals surface area contributed by atoms with E-state index < -0.39 is 17.8 Å². The van der Waals surface area contributed by atoms with Gasteiger partial charge >= 0.3 is 12.1 Å². The zero-order valence-electron chi connectivity index (χ0n) is 28.8. The average Bonchev–Trinajstić information content (AvgIpc) is 3.45. The summed E-state index contributed by atoms with van der Waals surface area (Å²) in [6, 6.07) is 22.3. The fourth-order valence-corrected chi connectivity index (χ4v) is 6.18. The molecule has 1 aromatic heterocycles. The first-order valence-corrected chi connectivity index (χ1v) is 17.1. The number of hydrogen-bond acceptors (Lipinski definition) is 6. The summed E-state index contributed by atoms with van der Waals surface area (Å²) < 4.78 is 25.4. The summed E-state index contributed by atoms with van der Waals surface area (Å²) in [4.78, 5) is 27.7. The molecule has 9 heteroatoms. The third kappa shape index (κ3) is 8.98. The number of aromatic nitrogens is 1. The van der Waals surface area contributed by atoms with Crippen molar-refractivity contribution in [3.8, 4) is 11.1 Å². The number of esters is 1. The molecule has 1 unspecified atom stereocenters. The Kier molecular flexibility index (Phi) is 11.5. The minimum atomic E-state index is -0.649. The van der Waals surface area contributed by atoms with E-state index in [1.54, 1.807) is 4.90 Å². The van der Waals surface area contributed by atoms with Crippen molar-refractivity contribution in [1.29, 1.82) is 0 Å². The molecule has 1 amide bonds. The number of rotatable bonds is 11. The van der Waals surface area contributed by atoms with Crippen LogP contribution in [0.25, 0.3) is 22.0 Å². The molecule has 4 aromatic rings. The van der Waals surface area contributed by atoms with Crippen LogP contribution >= 0.6 is 11.6 Å². The molecule has 0 saturated carbocycles. The molecule has 0 bridgehead atoms. The first kappa shape index (κ1) is 35.5. The predicted molar refractivity (Wildman–Crippen MR) is 189 cm³/mol. The highest BCUT2D eigenvalue weighted by Gasteiger charge is 2.28. The van der Waals surface area contributed by atoms with Gasteiger partial charge in [0, 0.05) is 41.3 Å². The molecule has 1 aliphatic rings. The molecular formula is C39H47ClN2O6. The van der Waals surface area contributed by atoms with Gasteiger partial charge in [-0.2, -0.15) is 0 Å². The maximum Gasteiger partial charge on any atom is 0.410 e. The Morgan fingerprint density at radius 1 is 1.02 bits per heavy atom. The first-order chi connectivity index (χ1) is 22.9. The van der Waals surface area contributed by atoms with E-state index in [-0.39, 0.29) is 24.8 Å². The molecule has 5 rings (SSSR count). The maximum absolute atomic E-state index is 13.6. The van der Waals surface area contributed by atoms with Gasteiger partial charge < -0.3 is 28.4 Å². The van der Waals surface area contributed by atoms with E-state index in [2.05, 4.69) is 48.7 Å². The summed E-state index contributed by atoms with van der Waals surface area (Å²) in [6.45, 7) is 11.2. The summed E-state index contributed by atoms with van der Waals surface area (Å²) >= 11 is 6.37. The molecule has 0 spiro atoms. The number of fused-ring (bicyclic) bond motifs is 1. The van der Waals surface area contributed by atoms with Crippen LogP contribution in [0.3, 0.4) is 0 Å². The Hall–Kier alpha value is -3.85. The number of methoxy groups -OCH3 is 1. The lowest BCUT2D eigenvalue weighted by Gasteiger charge is -2.33. The molecule has 3 aromatic carbocycles. The van der Waals surface area contributed by atoms with E-state index in [1.807, 2.05) is 63.4 Å². The van der Waals surface area contributed by atoms with E-state index >= 15 is 0 Å². The lowest BCUT2D eigenvalue weighted by molar-refractivity contribution is -0.192. The minimum Gasteiger partial charge on any atom is -0.465 e. The summed E-state index contributed by atoms with van der Waals surface area (Å²) in [5.74, 6) is -0.343. The maximum atomic E-state index is 13.6. The van der Waals surface area contributed by atoms with Gasteiger partial charge in [-0.15, -0.1) is 0 Å². The summed E-state index contributed by atoms with van der Waals surface area (Å²) in [6.07, 6.45) is 4.16. The Balaban J connectivity index is 1.35. The summed E-state index contributed by atoms with van der Waals surface area (Å²) in [5.41, 5.74) is 4.97. The SMILES string of the molecule is COC(=O)c1cn(C(C)C)c2cc(-c3ccc(CCN(C[C@@H](OC4CCCCO4)c4cccc(Cl)c4)C(=O)OC(C)(C)C)cc3)ccc12. The molecular weight excluding hydrogens is 628 g/mol. The number of halogens is 1. The number of ether oxygens (including phenoxy) is 4. The van der Waals surface area contributed by atoms with Gasteiger partial charge in [0.15, 0.2) is 6.29 Å². The molecule has 8 nitrogen and oxygen atoms in total. The van der Waals surface area contributed by atoms with E-state index in [0.29, 0.717) is 30.2 Å². The normalized spacial score (nSPS) is 15.8. The molecule has 1 aliphatic heterocycles. The van der Waals surface area contributed by atoms with Gasteiger partial charge in [-0.25, -0.2) is 9.59 Å². The number of benzene rings is 3. The number of nitrogens with zero attached hydrogens (tertiary/aromatic N) is 2. The average molecular weight is 675 g/mol. The Morgan fingerprint density at radius 2 is 1.77 bits per heavy atom. The van der Waals surface area contributed by atoms with Crippen LogP contribution in [0, 0.1) is 0 Å². The standard InChI is InChI=1S/C39H47ClN2O6/c1-26(2)42-24-33(37(43)45-6)32-18-17-29(23-34(32)42)28-15-13-27(14-16-28)19-20-41(38(44)48-39(3,4)5)25-35(30-10-9-11-31(40)22-30)47-36-12-7-8-21-46-36/h9-11,13-18,22-24,26,35-36H,7-8,12,19-21,25H2,1-6H3/t35-,36?/m1/s1. The van der Waals surface area contributed by atoms with Crippen LogP contribution < -0.4 is 0 Å². The number of amides is 1. The van der Waals surface area contributed by atoms with Crippen molar-refractivity contribution >= 4 is 34.6 Å². The third-order valence-electron chi connectivity index (χ3n) is 8.47. The zero-order valence-corrected chi connectivity index (χ0v) is 29.6. The van der Waals surface area contributed by atoms with Gasteiger partial charge in [0.05, 0.1) is 19.2 Å². The van der Waals surface area contributed by atoms with Crippen LogP contribution in [0.2, 0.25) is 5.02 Å². The van der Waals surface area contributed by atoms with Gasteiger partial charge in [-0.1, -0.05) is 60.1 Å². The van der Waals surface area contributed by atoms with Crippen LogP contribution in [0.1, 0.15) is 87.5 Å².